The summed E-state index contributed by atoms with van der Waals surface area (Å²) in [5.74, 6) is -0.576. The second-order valence-electron chi connectivity index (χ2n) is 8.31. The predicted molar refractivity (Wildman–Crippen MR) is 130 cm³/mol. The first-order chi connectivity index (χ1) is 16.1. The topological polar surface area (TPSA) is 183 Å². The van der Waals surface area contributed by atoms with E-state index in [1.165, 1.54) is 0 Å². The lowest BCUT2D eigenvalue weighted by molar-refractivity contribution is -0.117. The van der Waals surface area contributed by atoms with Gasteiger partial charge in [0, 0.05) is 35.6 Å². The van der Waals surface area contributed by atoms with Crippen molar-refractivity contribution in [1.82, 2.24) is 0 Å². The van der Waals surface area contributed by atoms with Crippen molar-refractivity contribution in [2.45, 2.75) is 50.6 Å². The van der Waals surface area contributed by atoms with E-state index in [1.807, 2.05) is 12.1 Å². The Kier molecular flexibility index (Phi) is 8.68. The molecule has 2 aromatic rings. The number of nitriles is 2. The van der Waals surface area contributed by atoms with Gasteiger partial charge in [0.1, 0.15) is 0 Å². The van der Waals surface area contributed by atoms with Gasteiger partial charge in [0.25, 0.3) is 0 Å². The minimum Gasteiger partial charge on any atom is -0.399 e. The third-order valence-corrected chi connectivity index (χ3v) is 5.04. The maximum Gasteiger partial charge on any atom is 0.224 e. The van der Waals surface area contributed by atoms with E-state index in [9.17, 15) is 20.1 Å². The zero-order valence-corrected chi connectivity index (χ0v) is 19.2. The molecule has 0 heterocycles. The van der Waals surface area contributed by atoms with Crippen LogP contribution in [0.25, 0.3) is 0 Å². The number of azo groups is 1. The Morgan fingerprint density at radius 3 is 1.38 bits per heavy atom. The molecule has 2 aromatic carbocycles. The first-order valence-corrected chi connectivity index (χ1v) is 10.6. The largest absolute Gasteiger partial charge is 0.399 e. The van der Waals surface area contributed by atoms with E-state index in [4.69, 9.17) is 11.5 Å². The van der Waals surface area contributed by atoms with Crippen molar-refractivity contribution >= 4 is 34.6 Å². The summed E-state index contributed by atoms with van der Waals surface area (Å²) < 4.78 is 0. The summed E-state index contributed by atoms with van der Waals surface area (Å²) >= 11 is 0. The van der Waals surface area contributed by atoms with Crippen LogP contribution in [-0.2, 0) is 9.59 Å². The molecule has 0 aliphatic heterocycles. The molecule has 10 nitrogen and oxygen atoms in total. The summed E-state index contributed by atoms with van der Waals surface area (Å²) in [4.78, 5) is 24.5. The predicted octanol–water partition coefficient (Wildman–Crippen LogP) is 4.01. The monoisotopic (exact) mass is 460 g/mol. The number of nitrogen functional groups attached to an aromatic ring is 2. The van der Waals surface area contributed by atoms with Crippen LogP contribution >= 0.6 is 0 Å². The number of nitrogens with one attached hydrogen (secondary N) is 2. The van der Waals surface area contributed by atoms with E-state index in [0.29, 0.717) is 22.7 Å². The number of nitrogens with zero attached hydrogens (tertiary/aromatic N) is 4. The first kappa shape index (κ1) is 25.8. The van der Waals surface area contributed by atoms with E-state index in [1.54, 1.807) is 62.4 Å². The lowest BCUT2D eigenvalue weighted by Crippen LogP contribution is -2.26. The molecule has 6 N–H and O–H groups in total. The molecule has 0 saturated carbocycles. The Balaban J connectivity index is 1.92. The Labute approximate surface area is 198 Å². The van der Waals surface area contributed by atoms with Gasteiger partial charge in [0.2, 0.25) is 11.8 Å². The molecular weight excluding hydrogens is 432 g/mol. The van der Waals surface area contributed by atoms with Crippen molar-refractivity contribution < 1.29 is 9.59 Å². The number of amides is 2. The van der Waals surface area contributed by atoms with Gasteiger partial charge in [-0.05, 0) is 75.2 Å². The number of hydrogen-bond donors (Lipinski definition) is 4. The number of rotatable bonds is 10. The third kappa shape index (κ3) is 8.24. The molecule has 2 rings (SSSR count). The Hall–Kier alpha value is -4.44. The number of hydrogen-bond acceptors (Lipinski definition) is 8. The average molecular weight is 461 g/mol. The van der Waals surface area contributed by atoms with Gasteiger partial charge in [-0.15, -0.1) is 0 Å². The van der Waals surface area contributed by atoms with E-state index < -0.39 is 11.1 Å². The van der Waals surface area contributed by atoms with Gasteiger partial charge < -0.3 is 22.1 Å². The molecule has 0 aliphatic carbocycles. The highest BCUT2D eigenvalue weighted by Crippen LogP contribution is 2.24. The fourth-order valence-electron chi connectivity index (χ4n) is 2.77. The minimum absolute atomic E-state index is 0.0285. The summed E-state index contributed by atoms with van der Waals surface area (Å²) in [5.41, 5.74) is 11.0. The SMILES string of the molecule is CC(C#N)(CCC(=O)Nc1ccc(N)cc1)N=NC(C)(C#N)CCC(=O)Nc1ccc(N)cc1. The van der Waals surface area contributed by atoms with Gasteiger partial charge in [-0.1, -0.05) is 0 Å². The van der Waals surface area contributed by atoms with Crippen LogP contribution in [0.4, 0.5) is 22.7 Å². The number of carbonyl (C=O) groups is 2. The Bertz CT molecular complexity index is 1030. The van der Waals surface area contributed by atoms with Crippen LogP contribution in [0.2, 0.25) is 0 Å². The summed E-state index contributed by atoms with van der Waals surface area (Å²) in [6.45, 7) is 3.08. The van der Waals surface area contributed by atoms with E-state index in [2.05, 4.69) is 20.9 Å². The second kappa shape index (κ2) is 11.4. The summed E-state index contributed by atoms with van der Waals surface area (Å²) in [6, 6.07) is 17.5. The lowest BCUT2D eigenvalue weighted by atomic mass is 9.97. The van der Waals surface area contributed by atoms with Crippen LogP contribution < -0.4 is 22.1 Å². The van der Waals surface area contributed by atoms with Crippen LogP contribution in [0.1, 0.15) is 39.5 Å². The van der Waals surface area contributed by atoms with Crippen LogP contribution in [0.5, 0.6) is 0 Å². The van der Waals surface area contributed by atoms with Crippen molar-refractivity contribution in [2.75, 3.05) is 22.1 Å². The Morgan fingerprint density at radius 1 is 0.765 bits per heavy atom. The molecule has 2 atom stereocenters. The fraction of sp³-hybridized carbons (Fsp3) is 0.333. The number of nitrogens with two attached hydrogens (primary N) is 2. The van der Waals surface area contributed by atoms with Gasteiger partial charge in [-0.2, -0.15) is 20.8 Å². The van der Waals surface area contributed by atoms with Gasteiger partial charge >= 0.3 is 0 Å². The number of carbonyl (C=O) groups excluding carboxylic acids is 2. The van der Waals surface area contributed by atoms with Gasteiger partial charge in [-0.3, -0.25) is 9.59 Å². The van der Waals surface area contributed by atoms with Crippen LogP contribution in [-0.4, -0.2) is 22.9 Å². The van der Waals surface area contributed by atoms with E-state index >= 15 is 0 Å². The van der Waals surface area contributed by atoms with Crippen LogP contribution in [0.15, 0.2) is 58.8 Å². The van der Waals surface area contributed by atoms with Crippen LogP contribution in [0, 0.1) is 22.7 Å². The summed E-state index contributed by atoms with van der Waals surface area (Å²) in [6.07, 6.45) is 0.265. The molecule has 0 radical (unpaired) electrons. The number of anilines is 4. The summed E-state index contributed by atoms with van der Waals surface area (Å²) in [5, 5.41) is 32.8. The van der Waals surface area contributed by atoms with Crippen molar-refractivity contribution in [3.63, 3.8) is 0 Å². The van der Waals surface area contributed by atoms with Gasteiger partial charge in [0.05, 0.1) is 12.1 Å². The van der Waals surface area contributed by atoms with Crippen molar-refractivity contribution in [3.05, 3.63) is 48.5 Å². The molecule has 176 valence electrons. The second-order valence-corrected chi connectivity index (χ2v) is 8.31. The van der Waals surface area contributed by atoms with E-state index in [0.717, 1.165) is 0 Å². The molecule has 0 bridgehead atoms. The van der Waals surface area contributed by atoms with Crippen molar-refractivity contribution in [2.24, 2.45) is 10.2 Å². The Morgan fingerprint density at radius 2 is 1.09 bits per heavy atom. The standard InChI is InChI=1S/C24H28N8O2/c1-23(15-25,13-11-21(33)29-19-7-3-17(27)4-8-19)31-32-24(2,16-26)14-12-22(34)30-20-9-5-18(28)6-10-20/h3-10H,11-14,27-28H2,1-2H3,(H,29,33)(H,30,34). The molecule has 0 aliphatic rings. The maximum absolute atomic E-state index is 12.2. The zero-order chi connectivity index (χ0) is 25.2. The molecule has 2 unspecified atom stereocenters. The molecule has 0 aromatic heterocycles. The third-order valence-electron chi connectivity index (χ3n) is 5.04. The molecule has 2 amide bonds. The zero-order valence-electron chi connectivity index (χ0n) is 19.2. The molecule has 0 saturated heterocycles. The molecule has 0 fully saturated rings. The molecular formula is C24H28N8O2. The van der Waals surface area contributed by atoms with Gasteiger partial charge in [0.15, 0.2) is 11.1 Å². The van der Waals surface area contributed by atoms with Crippen molar-refractivity contribution in [1.29, 1.82) is 10.5 Å². The van der Waals surface area contributed by atoms with Gasteiger partial charge in [-0.25, -0.2) is 0 Å². The highest BCUT2D eigenvalue weighted by atomic mass is 16.2. The molecule has 0 spiro atoms. The highest BCUT2D eigenvalue weighted by molar-refractivity contribution is 5.91. The number of benzene rings is 2. The molecule has 10 heteroatoms. The smallest absolute Gasteiger partial charge is 0.224 e. The lowest BCUT2D eigenvalue weighted by Gasteiger charge is -2.19. The first-order valence-electron chi connectivity index (χ1n) is 10.6. The summed E-state index contributed by atoms with van der Waals surface area (Å²) in [7, 11) is 0. The normalized spacial score (nSPS) is 14.2. The fourth-order valence-corrected chi connectivity index (χ4v) is 2.77. The minimum atomic E-state index is -1.30. The van der Waals surface area contributed by atoms with Crippen LogP contribution in [0.3, 0.4) is 0 Å². The molecule has 34 heavy (non-hydrogen) atoms. The average Bonchev–Trinajstić information content (AvgIpc) is 2.83. The maximum atomic E-state index is 12.2. The van der Waals surface area contributed by atoms with Crippen molar-refractivity contribution in [3.8, 4) is 12.1 Å². The van der Waals surface area contributed by atoms with E-state index in [-0.39, 0.29) is 37.5 Å². The quantitative estimate of drug-likeness (QED) is 0.307. The highest BCUT2D eigenvalue weighted by Gasteiger charge is 2.29.